The zero-order valence-corrected chi connectivity index (χ0v) is 9.26. The van der Waals surface area contributed by atoms with Crippen molar-refractivity contribution >= 4 is 11.9 Å². The summed E-state index contributed by atoms with van der Waals surface area (Å²) in [6, 6.07) is 0. The Labute approximate surface area is 94.3 Å². The summed E-state index contributed by atoms with van der Waals surface area (Å²) in [5.41, 5.74) is 0. The second-order valence-electron chi connectivity index (χ2n) is 4.56. The van der Waals surface area contributed by atoms with Gasteiger partial charge in [-0.1, -0.05) is 18.6 Å². The maximum absolute atomic E-state index is 11.7. The van der Waals surface area contributed by atoms with Crippen LogP contribution in [-0.4, -0.2) is 24.2 Å². The topological polar surface area (TPSA) is 63.6 Å². The molecule has 1 fully saturated rings. The molecule has 3 rings (SSSR count). The molecule has 1 N–H and O–H groups in total. The van der Waals surface area contributed by atoms with Gasteiger partial charge in [-0.05, 0) is 24.7 Å². The SMILES string of the molecule is COC(=O)C1C2C=CC(CCC2)[C@@H]1C(=O)O. The van der Waals surface area contributed by atoms with Crippen LogP contribution in [0.1, 0.15) is 19.3 Å². The summed E-state index contributed by atoms with van der Waals surface area (Å²) in [7, 11) is 1.32. The predicted octanol–water partition coefficient (Wildman–Crippen LogP) is 1.46. The molecule has 1 saturated carbocycles. The summed E-state index contributed by atoms with van der Waals surface area (Å²) in [6.45, 7) is 0. The molecule has 0 heterocycles. The Hall–Kier alpha value is -1.32. The monoisotopic (exact) mass is 224 g/mol. The van der Waals surface area contributed by atoms with Crippen LogP contribution in [0.5, 0.6) is 0 Å². The Bertz CT molecular complexity index is 334. The Kier molecular flexibility index (Phi) is 2.99. The van der Waals surface area contributed by atoms with Gasteiger partial charge in [-0.15, -0.1) is 0 Å². The van der Waals surface area contributed by atoms with Gasteiger partial charge in [-0.3, -0.25) is 9.59 Å². The Morgan fingerprint density at radius 2 is 1.75 bits per heavy atom. The molecule has 0 amide bonds. The average Bonchev–Trinajstić information content (AvgIpc) is 2.60. The van der Waals surface area contributed by atoms with Gasteiger partial charge >= 0.3 is 11.9 Å². The average molecular weight is 224 g/mol. The zero-order chi connectivity index (χ0) is 11.7. The summed E-state index contributed by atoms with van der Waals surface area (Å²) in [5, 5.41) is 9.26. The largest absolute Gasteiger partial charge is 0.481 e. The van der Waals surface area contributed by atoms with E-state index in [2.05, 4.69) is 0 Å². The number of esters is 1. The molecule has 0 saturated heterocycles. The van der Waals surface area contributed by atoms with Gasteiger partial charge in [0.05, 0.1) is 18.9 Å². The van der Waals surface area contributed by atoms with Gasteiger partial charge in [0.15, 0.2) is 0 Å². The number of hydrogen-bond donors (Lipinski definition) is 1. The van der Waals surface area contributed by atoms with Gasteiger partial charge in [0.25, 0.3) is 0 Å². The number of carbonyl (C=O) groups is 2. The molecule has 0 radical (unpaired) electrons. The van der Waals surface area contributed by atoms with Gasteiger partial charge in [0, 0.05) is 0 Å². The third-order valence-corrected chi connectivity index (χ3v) is 3.75. The quantitative estimate of drug-likeness (QED) is 0.569. The molecule has 0 aromatic carbocycles. The molecule has 88 valence electrons. The van der Waals surface area contributed by atoms with Crippen molar-refractivity contribution in [2.45, 2.75) is 19.3 Å². The summed E-state index contributed by atoms with van der Waals surface area (Å²) in [6.07, 6.45) is 6.70. The van der Waals surface area contributed by atoms with Crippen molar-refractivity contribution < 1.29 is 19.4 Å². The predicted molar refractivity (Wildman–Crippen MR) is 56.6 cm³/mol. The summed E-state index contributed by atoms with van der Waals surface area (Å²) < 4.78 is 4.74. The molecule has 0 aromatic heterocycles. The highest BCUT2D eigenvalue weighted by atomic mass is 16.5. The standard InChI is InChI=1S/C12H16O4/c1-16-12(15)10-8-4-2-3-7(5-6-8)9(10)11(13)14/h5-10H,2-4H2,1H3,(H,13,14)/t7?,8?,9-,10?/m0/s1. The van der Waals surface area contributed by atoms with Crippen molar-refractivity contribution in [2.24, 2.45) is 23.7 Å². The number of methoxy groups -OCH3 is 1. The van der Waals surface area contributed by atoms with Crippen LogP contribution >= 0.6 is 0 Å². The maximum Gasteiger partial charge on any atom is 0.310 e. The van der Waals surface area contributed by atoms with Gasteiger partial charge in [-0.2, -0.15) is 0 Å². The normalized spacial score (nSPS) is 36.8. The van der Waals surface area contributed by atoms with Crippen LogP contribution in [-0.2, 0) is 14.3 Å². The van der Waals surface area contributed by atoms with Crippen molar-refractivity contribution in [2.75, 3.05) is 7.11 Å². The fourth-order valence-electron chi connectivity index (χ4n) is 2.99. The van der Waals surface area contributed by atoms with Gasteiger partial charge in [-0.25, -0.2) is 0 Å². The number of carboxylic acid groups (broad SMARTS) is 1. The molecular weight excluding hydrogens is 208 g/mol. The van der Waals surface area contributed by atoms with E-state index in [0.717, 1.165) is 19.3 Å². The maximum atomic E-state index is 11.7. The molecule has 0 spiro atoms. The second kappa shape index (κ2) is 4.28. The van der Waals surface area contributed by atoms with Crippen molar-refractivity contribution in [1.29, 1.82) is 0 Å². The molecule has 16 heavy (non-hydrogen) atoms. The van der Waals surface area contributed by atoms with Gasteiger partial charge in [0.2, 0.25) is 0 Å². The van der Waals surface area contributed by atoms with Gasteiger partial charge < -0.3 is 9.84 Å². The van der Waals surface area contributed by atoms with E-state index in [0.29, 0.717) is 0 Å². The van der Waals surface area contributed by atoms with Crippen molar-refractivity contribution in [1.82, 2.24) is 0 Å². The Morgan fingerprint density at radius 1 is 1.19 bits per heavy atom. The first kappa shape index (κ1) is 11.2. The Balaban J connectivity index is 2.35. The van der Waals surface area contributed by atoms with Crippen LogP contribution in [0, 0.1) is 23.7 Å². The molecular formula is C12H16O4. The Morgan fingerprint density at radius 3 is 2.25 bits per heavy atom. The van der Waals surface area contributed by atoms with E-state index >= 15 is 0 Å². The van der Waals surface area contributed by atoms with Crippen LogP contribution < -0.4 is 0 Å². The van der Waals surface area contributed by atoms with E-state index < -0.39 is 17.8 Å². The van der Waals surface area contributed by atoms with E-state index in [1.807, 2.05) is 12.2 Å². The number of fused-ring (bicyclic) bond motifs is 3. The molecule has 3 aliphatic rings. The lowest BCUT2D eigenvalue weighted by Gasteiger charge is -2.32. The third kappa shape index (κ3) is 1.72. The van der Waals surface area contributed by atoms with Crippen LogP contribution in [0.15, 0.2) is 12.2 Å². The van der Waals surface area contributed by atoms with E-state index in [4.69, 9.17) is 4.74 Å². The van der Waals surface area contributed by atoms with E-state index in [9.17, 15) is 14.7 Å². The number of aliphatic carboxylic acids is 1. The van der Waals surface area contributed by atoms with Crippen molar-refractivity contribution in [3.63, 3.8) is 0 Å². The highest BCUT2D eigenvalue weighted by Crippen LogP contribution is 2.43. The minimum absolute atomic E-state index is 0.0136. The first-order chi connectivity index (χ1) is 7.65. The van der Waals surface area contributed by atoms with Crippen molar-refractivity contribution in [3.05, 3.63) is 12.2 Å². The zero-order valence-electron chi connectivity index (χ0n) is 9.26. The number of rotatable bonds is 2. The van der Waals surface area contributed by atoms with Crippen LogP contribution in [0.25, 0.3) is 0 Å². The van der Waals surface area contributed by atoms with Crippen LogP contribution in [0.3, 0.4) is 0 Å². The molecule has 3 unspecified atom stereocenters. The lowest BCUT2D eigenvalue weighted by molar-refractivity contribution is -0.159. The lowest BCUT2D eigenvalue weighted by Crippen LogP contribution is -2.40. The fourth-order valence-corrected chi connectivity index (χ4v) is 2.99. The summed E-state index contributed by atoms with van der Waals surface area (Å²) >= 11 is 0. The van der Waals surface area contributed by atoms with Crippen molar-refractivity contribution in [3.8, 4) is 0 Å². The molecule has 3 aliphatic carbocycles. The minimum Gasteiger partial charge on any atom is -0.481 e. The third-order valence-electron chi connectivity index (χ3n) is 3.75. The molecule has 0 aromatic rings. The molecule has 4 nitrogen and oxygen atoms in total. The highest BCUT2D eigenvalue weighted by molar-refractivity contribution is 5.82. The summed E-state index contributed by atoms with van der Waals surface area (Å²) in [4.78, 5) is 23.0. The molecule has 4 heteroatoms. The molecule has 2 bridgehead atoms. The first-order valence-electron chi connectivity index (χ1n) is 5.64. The van der Waals surface area contributed by atoms with Gasteiger partial charge in [0.1, 0.15) is 0 Å². The molecule has 0 aliphatic heterocycles. The first-order valence-corrected chi connectivity index (χ1v) is 5.64. The van der Waals surface area contributed by atoms with E-state index in [1.54, 1.807) is 0 Å². The second-order valence-corrected chi connectivity index (χ2v) is 4.56. The number of carbonyl (C=O) groups excluding carboxylic acids is 1. The summed E-state index contributed by atoms with van der Waals surface area (Å²) in [5.74, 6) is -2.34. The van der Waals surface area contributed by atoms with Crippen LogP contribution in [0.4, 0.5) is 0 Å². The number of carboxylic acids is 1. The number of hydrogen-bond acceptors (Lipinski definition) is 3. The molecule has 4 atom stereocenters. The smallest absolute Gasteiger partial charge is 0.310 e. The van der Waals surface area contributed by atoms with E-state index in [-0.39, 0.29) is 17.8 Å². The number of ether oxygens (including phenoxy) is 1. The highest BCUT2D eigenvalue weighted by Gasteiger charge is 2.46. The lowest BCUT2D eigenvalue weighted by atomic mass is 9.71. The fraction of sp³-hybridized carbons (Fsp3) is 0.667. The number of allylic oxidation sites excluding steroid dienone is 2. The minimum atomic E-state index is -0.878. The van der Waals surface area contributed by atoms with E-state index in [1.165, 1.54) is 7.11 Å². The van der Waals surface area contributed by atoms with Crippen LogP contribution in [0.2, 0.25) is 0 Å².